The Bertz CT molecular complexity index is 244. The van der Waals surface area contributed by atoms with E-state index in [0.717, 1.165) is 13.0 Å². The van der Waals surface area contributed by atoms with Gasteiger partial charge in [0.2, 0.25) is 0 Å². The number of hydrogen-bond acceptors (Lipinski definition) is 2. The minimum Gasteiger partial charge on any atom is -0.330 e. The van der Waals surface area contributed by atoms with Crippen LogP contribution in [0.1, 0.15) is 25.8 Å². The van der Waals surface area contributed by atoms with Gasteiger partial charge in [-0.25, -0.2) is 0 Å². The molecule has 2 nitrogen and oxygen atoms in total. The van der Waals surface area contributed by atoms with Crippen LogP contribution < -0.4 is 5.73 Å². The standard InChI is InChI=1S/C8H11N.C4H8O/c9-7-6-8-4-2-1-3-5-8;1-3-4(2)5/h1-5H,6-7,9H2;3H2,1-2H3. The molecule has 0 aromatic heterocycles. The summed E-state index contributed by atoms with van der Waals surface area (Å²) in [5.74, 6) is 0.255. The zero-order valence-corrected chi connectivity index (χ0v) is 8.99. The molecule has 2 heteroatoms. The number of ketones is 1. The van der Waals surface area contributed by atoms with Crippen molar-refractivity contribution in [1.29, 1.82) is 0 Å². The van der Waals surface area contributed by atoms with E-state index in [9.17, 15) is 4.79 Å². The third-order valence-corrected chi connectivity index (χ3v) is 1.77. The maximum atomic E-state index is 9.81. The predicted octanol–water partition coefficient (Wildman–Crippen LogP) is 2.17. The topological polar surface area (TPSA) is 43.1 Å². The van der Waals surface area contributed by atoms with Gasteiger partial charge in [-0.2, -0.15) is 0 Å². The lowest BCUT2D eigenvalue weighted by Gasteiger charge is -1.93. The summed E-state index contributed by atoms with van der Waals surface area (Å²) in [6, 6.07) is 10.3. The van der Waals surface area contributed by atoms with Gasteiger partial charge in [-0.3, -0.25) is 0 Å². The van der Waals surface area contributed by atoms with Crippen molar-refractivity contribution < 1.29 is 4.79 Å². The maximum absolute atomic E-state index is 9.81. The van der Waals surface area contributed by atoms with E-state index in [4.69, 9.17) is 5.73 Å². The Balaban J connectivity index is 0.000000292. The molecular weight excluding hydrogens is 174 g/mol. The third kappa shape index (κ3) is 7.50. The second kappa shape index (κ2) is 8.45. The summed E-state index contributed by atoms with van der Waals surface area (Å²) >= 11 is 0. The molecule has 2 N–H and O–H groups in total. The molecule has 0 aliphatic rings. The van der Waals surface area contributed by atoms with Crippen molar-refractivity contribution >= 4 is 5.78 Å². The van der Waals surface area contributed by atoms with Crippen LogP contribution in [-0.4, -0.2) is 12.3 Å². The molecule has 1 aromatic carbocycles. The summed E-state index contributed by atoms with van der Waals surface area (Å²) in [7, 11) is 0. The lowest BCUT2D eigenvalue weighted by molar-refractivity contribution is -0.116. The predicted molar refractivity (Wildman–Crippen MR) is 60.2 cm³/mol. The second-order valence-electron chi connectivity index (χ2n) is 3.08. The smallest absolute Gasteiger partial charge is 0.129 e. The maximum Gasteiger partial charge on any atom is 0.129 e. The summed E-state index contributed by atoms with van der Waals surface area (Å²) in [6.07, 6.45) is 1.65. The molecular formula is C12H19NO. The molecule has 0 aliphatic heterocycles. The summed E-state index contributed by atoms with van der Waals surface area (Å²) < 4.78 is 0. The number of benzene rings is 1. The van der Waals surface area contributed by atoms with Crippen LogP contribution in [-0.2, 0) is 11.2 Å². The monoisotopic (exact) mass is 193 g/mol. The Kier molecular flexibility index (Phi) is 7.75. The van der Waals surface area contributed by atoms with Crippen molar-refractivity contribution in [3.05, 3.63) is 35.9 Å². The van der Waals surface area contributed by atoms with Crippen molar-refractivity contribution in [3.8, 4) is 0 Å². The van der Waals surface area contributed by atoms with Gasteiger partial charge >= 0.3 is 0 Å². The normalized spacial score (nSPS) is 8.79. The first-order valence-electron chi connectivity index (χ1n) is 4.94. The average Bonchev–Trinajstić information content (AvgIpc) is 2.21. The molecule has 0 saturated heterocycles. The number of nitrogens with two attached hydrogens (primary N) is 1. The van der Waals surface area contributed by atoms with E-state index in [2.05, 4.69) is 12.1 Å². The molecule has 14 heavy (non-hydrogen) atoms. The first-order chi connectivity index (χ1) is 6.70. The largest absolute Gasteiger partial charge is 0.330 e. The minimum atomic E-state index is 0.255. The third-order valence-electron chi connectivity index (χ3n) is 1.77. The van der Waals surface area contributed by atoms with Crippen molar-refractivity contribution in [2.45, 2.75) is 26.7 Å². The molecule has 0 saturated carbocycles. The lowest BCUT2D eigenvalue weighted by atomic mass is 10.2. The fourth-order valence-corrected chi connectivity index (χ4v) is 0.811. The van der Waals surface area contributed by atoms with Crippen LogP contribution in [0.3, 0.4) is 0 Å². The first-order valence-corrected chi connectivity index (χ1v) is 4.94. The summed E-state index contributed by atoms with van der Waals surface area (Å²) in [5, 5.41) is 0. The number of carbonyl (C=O) groups is 1. The molecule has 0 bridgehead atoms. The second-order valence-corrected chi connectivity index (χ2v) is 3.08. The van der Waals surface area contributed by atoms with Crippen LogP contribution in [0.5, 0.6) is 0 Å². The van der Waals surface area contributed by atoms with Crippen molar-refractivity contribution in [2.75, 3.05) is 6.54 Å². The first kappa shape index (κ1) is 12.8. The fraction of sp³-hybridized carbons (Fsp3) is 0.417. The molecule has 0 fully saturated rings. The van der Waals surface area contributed by atoms with E-state index in [1.807, 2.05) is 25.1 Å². The van der Waals surface area contributed by atoms with Crippen molar-refractivity contribution in [2.24, 2.45) is 5.73 Å². The number of carbonyl (C=O) groups excluding carboxylic acids is 1. The molecule has 0 spiro atoms. The molecule has 1 aromatic rings. The minimum absolute atomic E-state index is 0.255. The van der Waals surface area contributed by atoms with Gasteiger partial charge in [0.15, 0.2) is 0 Å². The van der Waals surface area contributed by atoms with Crippen LogP contribution >= 0.6 is 0 Å². The average molecular weight is 193 g/mol. The Morgan fingerprint density at radius 3 is 2.14 bits per heavy atom. The van der Waals surface area contributed by atoms with Crippen LogP contribution in [0.4, 0.5) is 0 Å². The lowest BCUT2D eigenvalue weighted by Crippen LogP contribution is -2.01. The molecule has 0 radical (unpaired) electrons. The number of Topliss-reactive ketones (excluding diaryl/α,β-unsaturated/α-hetero) is 1. The van der Waals surface area contributed by atoms with Gasteiger partial charge < -0.3 is 10.5 Å². The van der Waals surface area contributed by atoms with Gasteiger partial charge in [-0.05, 0) is 25.5 Å². The van der Waals surface area contributed by atoms with E-state index in [1.54, 1.807) is 6.92 Å². The van der Waals surface area contributed by atoms with E-state index in [-0.39, 0.29) is 5.78 Å². The van der Waals surface area contributed by atoms with Gasteiger partial charge in [-0.15, -0.1) is 0 Å². The summed E-state index contributed by atoms with van der Waals surface area (Å²) in [4.78, 5) is 9.81. The highest BCUT2D eigenvalue weighted by molar-refractivity contribution is 5.74. The van der Waals surface area contributed by atoms with Gasteiger partial charge in [-0.1, -0.05) is 37.3 Å². The van der Waals surface area contributed by atoms with E-state index >= 15 is 0 Å². The van der Waals surface area contributed by atoms with Crippen LogP contribution in [0.25, 0.3) is 0 Å². The van der Waals surface area contributed by atoms with Gasteiger partial charge in [0, 0.05) is 6.42 Å². The van der Waals surface area contributed by atoms with Gasteiger partial charge in [0.25, 0.3) is 0 Å². The van der Waals surface area contributed by atoms with Crippen LogP contribution in [0.2, 0.25) is 0 Å². The molecule has 0 atom stereocenters. The quantitative estimate of drug-likeness (QED) is 0.799. The Morgan fingerprint density at radius 2 is 1.79 bits per heavy atom. The highest BCUT2D eigenvalue weighted by Gasteiger charge is 1.84. The molecule has 0 aliphatic carbocycles. The van der Waals surface area contributed by atoms with Crippen molar-refractivity contribution in [1.82, 2.24) is 0 Å². The Labute approximate surface area is 86.1 Å². The SMILES string of the molecule is CCC(C)=O.NCCc1ccccc1. The molecule has 78 valence electrons. The molecule has 1 rings (SSSR count). The van der Waals surface area contributed by atoms with E-state index < -0.39 is 0 Å². The van der Waals surface area contributed by atoms with Gasteiger partial charge in [0.1, 0.15) is 5.78 Å². The zero-order chi connectivity index (χ0) is 10.8. The zero-order valence-electron chi connectivity index (χ0n) is 8.99. The number of hydrogen-bond donors (Lipinski definition) is 1. The number of rotatable bonds is 3. The highest BCUT2D eigenvalue weighted by Crippen LogP contribution is 1.96. The fourth-order valence-electron chi connectivity index (χ4n) is 0.811. The van der Waals surface area contributed by atoms with E-state index in [1.165, 1.54) is 5.56 Å². The van der Waals surface area contributed by atoms with Crippen LogP contribution in [0.15, 0.2) is 30.3 Å². The summed E-state index contributed by atoms with van der Waals surface area (Å²) in [6.45, 7) is 4.17. The van der Waals surface area contributed by atoms with Crippen molar-refractivity contribution in [3.63, 3.8) is 0 Å². The summed E-state index contributed by atoms with van der Waals surface area (Å²) in [5.41, 5.74) is 6.68. The molecule has 0 heterocycles. The molecule has 0 amide bonds. The van der Waals surface area contributed by atoms with Crippen LogP contribution in [0, 0.1) is 0 Å². The Morgan fingerprint density at radius 1 is 1.29 bits per heavy atom. The van der Waals surface area contributed by atoms with Gasteiger partial charge in [0.05, 0.1) is 0 Å². The Hall–Kier alpha value is -1.15. The van der Waals surface area contributed by atoms with E-state index in [0.29, 0.717) is 6.42 Å². The molecule has 0 unspecified atom stereocenters. The highest BCUT2D eigenvalue weighted by atomic mass is 16.1.